The van der Waals surface area contributed by atoms with Crippen molar-refractivity contribution < 1.29 is 14.3 Å². The Hall–Kier alpha value is -2.72. The molecule has 0 fully saturated rings. The standard InChI is InChI=1S/C20H14ClNO3/c21-16-9-18-17(24-10-25-18)7-15(16)14-8-19(23)22-20-12-4-2-1-3-11(12)5-6-13(14)20/h1-7,9,14H,8,10H2,(H,22,23)/t14-/m1/s1. The van der Waals surface area contributed by atoms with Crippen molar-refractivity contribution in [3.63, 3.8) is 0 Å². The molecule has 5 heteroatoms. The summed E-state index contributed by atoms with van der Waals surface area (Å²) in [5.41, 5.74) is 2.82. The fourth-order valence-electron chi connectivity index (χ4n) is 3.68. The van der Waals surface area contributed by atoms with Gasteiger partial charge in [-0.25, -0.2) is 0 Å². The number of amides is 1. The van der Waals surface area contributed by atoms with Gasteiger partial charge in [-0.1, -0.05) is 48.0 Å². The summed E-state index contributed by atoms with van der Waals surface area (Å²) in [4.78, 5) is 12.4. The van der Waals surface area contributed by atoms with Crippen LogP contribution in [-0.4, -0.2) is 12.7 Å². The third-order valence-electron chi connectivity index (χ3n) is 4.86. The Balaban J connectivity index is 1.72. The lowest BCUT2D eigenvalue weighted by Gasteiger charge is -2.28. The number of benzene rings is 3. The summed E-state index contributed by atoms with van der Waals surface area (Å²) in [6.07, 6.45) is 0.352. The summed E-state index contributed by atoms with van der Waals surface area (Å²) in [7, 11) is 0. The third kappa shape index (κ3) is 2.25. The van der Waals surface area contributed by atoms with Gasteiger partial charge in [0.25, 0.3) is 0 Å². The van der Waals surface area contributed by atoms with E-state index in [2.05, 4.69) is 17.4 Å². The van der Waals surface area contributed by atoms with Gasteiger partial charge in [-0.15, -0.1) is 0 Å². The van der Waals surface area contributed by atoms with Gasteiger partial charge in [-0.05, 0) is 22.6 Å². The van der Waals surface area contributed by atoms with E-state index in [9.17, 15) is 4.79 Å². The Morgan fingerprint density at radius 2 is 1.80 bits per heavy atom. The lowest BCUT2D eigenvalue weighted by Crippen LogP contribution is -2.24. The molecule has 4 nitrogen and oxygen atoms in total. The second kappa shape index (κ2) is 5.39. The van der Waals surface area contributed by atoms with Crippen LogP contribution in [0.1, 0.15) is 23.5 Å². The molecular formula is C20H14ClNO3. The van der Waals surface area contributed by atoms with Gasteiger partial charge in [0.05, 0.1) is 5.69 Å². The number of hydrogen-bond donors (Lipinski definition) is 1. The summed E-state index contributed by atoms with van der Waals surface area (Å²) in [5.74, 6) is 1.19. The predicted octanol–water partition coefficient (Wildman–Crippen LogP) is 4.70. The number of ether oxygens (including phenoxy) is 2. The first-order valence-corrected chi connectivity index (χ1v) is 8.49. The minimum atomic E-state index is -0.115. The summed E-state index contributed by atoms with van der Waals surface area (Å²) < 4.78 is 10.9. The van der Waals surface area contributed by atoms with Gasteiger partial charge in [0, 0.05) is 28.8 Å². The van der Waals surface area contributed by atoms with Crippen LogP contribution in [0.15, 0.2) is 48.5 Å². The number of halogens is 1. The van der Waals surface area contributed by atoms with Crippen molar-refractivity contribution in [2.75, 3.05) is 12.1 Å². The van der Waals surface area contributed by atoms with Crippen molar-refractivity contribution in [1.82, 2.24) is 0 Å². The molecule has 1 N–H and O–H groups in total. The second-order valence-corrected chi connectivity index (χ2v) is 6.69. The van der Waals surface area contributed by atoms with Crippen LogP contribution in [-0.2, 0) is 4.79 Å². The van der Waals surface area contributed by atoms with E-state index in [1.807, 2.05) is 30.3 Å². The average molecular weight is 352 g/mol. The van der Waals surface area contributed by atoms with E-state index >= 15 is 0 Å². The number of carbonyl (C=O) groups is 1. The number of fused-ring (bicyclic) bond motifs is 4. The molecule has 2 aliphatic heterocycles. The summed E-state index contributed by atoms with van der Waals surface area (Å²) >= 11 is 6.51. The molecule has 0 saturated heterocycles. The molecule has 0 unspecified atom stereocenters. The van der Waals surface area contributed by atoms with E-state index in [1.54, 1.807) is 6.07 Å². The molecule has 0 radical (unpaired) electrons. The summed E-state index contributed by atoms with van der Waals surface area (Å²) in [5, 5.41) is 5.76. The Morgan fingerprint density at radius 3 is 2.68 bits per heavy atom. The molecule has 25 heavy (non-hydrogen) atoms. The van der Waals surface area contributed by atoms with Crippen LogP contribution in [0.25, 0.3) is 10.8 Å². The van der Waals surface area contributed by atoms with Gasteiger partial charge in [-0.3, -0.25) is 4.79 Å². The maximum Gasteiger partial charge on any atom is 0.231 e. The van der Waals surface area contributed by atoms with Gasteiger partial charge < -0.3 is 14.8 Å². The average Bonchev–Trinajstić information content (AvgIpc) is 3.07. The van der Waals surface area contributed by atoms with Gasteiger partial charge in [0.2, 0.25) is 12.7 Å². The van der Waals surface area contributed by atoms with E-state index in [1.165, 1.54) is 0 Å². The second-order valence-electron chi connectivity index (χ2n) is 6.28. The number of hydrogen-bond acceptors (Lipinski definition) is 3. The van der Waals surface area contributed by atoms with Crippen molar-refractivity contribution in [1.29, 1.82) is 0 Å². The molecule has 0 saturated carbocycles. The zero-order chi connectivity index (χ0) is 17.0. The fraction of sp³-hybridized carbons (Fsp3) is 0.150. The van der Waals surface area contributed by atoms with Crippen molar-refractivity contribution in [2.24, 2.45) is 0 Å². The molecule has 3 aromatic rings. The molecule has 2 heterocycles. The Morgan fingerprint density at radius 1 is 1.00 bits per heavy atom. The topological polar surface area (TPSA) is 47.6 Å². The highest BCUT2D eigenvalue weighted by molar-refractivity contribution is 6.31. The summed E-state index contributed by atoms with van der Waals surface area (Å²) in [6.45, 7) is 0.196. The lowest BCUT2D eigenvalue weighted by atomic mass is 9.83. The molecule has 3 aromatic carbocycles. The Bertz CT molecular complexity index is 1030. The molecule has 124 valence electrons. The number of nitrogens with one attached hydrogen (secondary N) is 1. The highest BCUT2D eigenvalue weighted by Gasteiger charge is 2.30. The number of rotatable bonds is 1. The molecule has 1 atom stereocenters. The van der Waals surface area contributed by atoms with Crippen LogP contribution < -0.4 is 14.8 Å². The van der Waals surface area contributed by atoms with E-state index in [0.717, 1.165) is 27.6 Å². The number of anilines is 1. The molecular weight excluding hydrogens is 338 g/mol. The smallest absolute Gasteiger partial charge is 0.231 e. The molecule has 0 aliphatic carbocycles. The van der Waals surface area contributed by atoms with Gasteiger partial charge in [0.1, 0.15) is 0 Å². The first kappa shape index (κ1) is 14.6. The first-order valence-electron chi connectivity index (χ1n) is 8.11. The van der Waals surface area contributed by atoms with Crippen LogP contribution in [0.4, 0.5) is 5.69 Å². The van der Waals surface area contributed by atoms with Crippen LogP contribution in [0, 0.1) is 0 Å². The molecule has 0 spiro atoms. The minimum Gasteiger partial charge on any atom is -0.454 e. The Labute approximate surface area is 149 Å². The molecule has 1 amide bonds. The Kier molecular flexibility index (Phi) is 3.15. The van der Waals surface area contributed by atoms with Crippen LogP contribution in [0.5, 0.6) is 11.5 Å². The van der Waals surface area contributed by atoms with E-state index in [-0.39, 0.29) is 18.6 Å². The van der Waals surface area contributed by atoms with Crippen molar-refractivity contribution in [2.45, 2.75) is 12.3 Å². The largest absolute Gasteiger partial charge is 0.454 e. The molecule has 5 rings (SSSR count). The van der Waals surface area contributed by atoms with E-state index in [4.69, 9.17) is 21.1 Å². The van der Waals surface area contributed by atoms with Crippen LogP contribution in [0.3, 0.4) is 0 Å². The van der Waals surface area contributed by atoms with Crippen molar-refractivity contribution >= 4 is 34.0 Å². The molecule has 2 aliphatic rings. The zero-order valence-corrected chi connectivity index (χ0v) is 14.0. The highest BCUT2D eigenvalue weighted by atomic mass is 35.5. The van der Waals surface area contributed by atoms with Crippen LogP contribution >= 0.6 is 11.6 Å². The van der Waals surface area contributed by atoms with Crippen LogP contribution in [0.2, 0.25) is 5.02 Å². The highest BCUT2D eigenvalue weighted by Crippen LogP contribution is 2.46. The third-order valence-corrected chi connectivity index (χ3v) is 5.19. The molecule has 0 bridgehead atoms. The first-order chi connectivity index (χ1) is 12.2. The minimum absolute atomic E-state index is 0.0115. The lowest BCUT2D eigenvalue weighted by molar-refractivity contribution is -0.116. The van der Waals surface area contributed by atoms with Crippen molar-refractivity contribution in [3.05, 3.63) is 64.7 Å². The van der Waals surface area contributed by atoms with Gasteiger partial charge in [0.15, 0.2) is 11.5 Å². The fourth-order valence-corrected chi connectivity index (χ4v) is 3.97. The van der Waals surface area contributed by atoms with E-state index < -0.39 is 0 Å². The maximum absolute atomic E-state index is 12.4. The molecule has 0 aromatic heterocycles. The number of carbonyl (C=O) groups excluding carboxylic acids is 1. The van der Waals surface area contributed by atoms with Gasteiger partial charge >= 0.3 is 0 Å². The predicted molar refractivity (Wildman–Crippen MR) is 96.6 cm³/mol. The summed E-state index contributed by atoms with van der Waals surface area (Å²) in [6, 6.07) is 15.9. The quantitative estimate of drug-likeness (QED) is 0.691. The van der Waals surface area contributed by atoms with Crippen molar-refractivity contribution in [3.8, 4) is 11.5 Å². The van der Waals surface area contributed by atoms with E-state index in [0.29, 0.717) is 22.9 Å². The zero-order valence-electron chi connectivity index (χ0n) is 13.2. The maximum atomic E-state index is 12.4. The SMILES string of the molecule is O=C1C[C@@H](c2cc3c(cc2Cl)OCO3)c2ccc3ccccc3c2N1. The monoisotopic (exact) mass is 351 g/mol. The normalized spacial score (nSPS) is 18.1. The van der Waals surface area contributed by atoms with Gasteiger partial charge in [-0.2, -0.15) is 0 Å².